The third-order valence-electron chi connectivity index (χ3n) is 5.34. The molecule has 6 nitrogen and oxygen atoms in total. The maximum atomic E-state index is 14.9. The van der Waals surface area contributed by atoms with Crippen LogP contribution in [0, 0.1) is 5.82 Å². The summed E-state index contributed by atoms with van der Waals surface area (Å²) in [4.78, 5) is 18.4. The minimum absolute atomic E-state index is 0.143. The van der Waals surface area contributed by atoms with E-state index in [2.05, 4.69) is 10.1 Å². The zero-order chi connectivity index (χ0) is 20.0. The quantitative estimate of drug-likeness (QED) is 0.655. The van der Waals surface area contributed by atoms with Crippen LogP contribution in [0.5, 0.6) is 5.75 Å². The highest BCUT2D eigenvalue weighted by Gasteiger charge is 2.29. The predicted molar refractivity (Wildman–Crippen MR) is 106 cm³/mol. The second-order valence-corrected chi connectivity index (χ2v) is 7.55. The van der Waals surface area contributed by atoms with E-state index in [1.165, 1.54) is 10.7 Å². The van der Waals surface area contributed by atoms with Gasteiger partial charge in [-0.25, -0.2) is 9.07 Å². The smallest absolute Gasteiger partial charge is 0.265 e. The topological polar surface area (TPSA) is 60.3 Å². The summed E-state index contributed by atoms with van der Waals surface area (Å²) in [6.07, 6.45) is 5.44. The highest BCUT2D eigenvalue weighted by molar-refractivity contribution is 6.30. The maximum absolute atomic E-state index is 14.9. The van der Waals surface area contributed by atoms with Gasteiger partial charge in [0.25, 0.3) is 5.91 Å². The summed E-state index contributed by atoms with van der Waals surface area (Å²) >= 11 is 6.54. The number of rotatable bonds is 3. The number of anilines is 1. The van der Waals surface area contributed by atoms with Crippen molar-refractivity contribution < 1.29 is 13.9 Å². The van der Waals surface area contributed by atoms with Crippen LogP contribution in [-0.4, -0.2) is 27.3 Å². The van der Waals surface area contributed by atoms with E-state index in [1.54, 1.807) is 17.2 Å². The molecule has 0 unspecified atom stereocenters. The Hall–Kier alpha value is -2.93. The summed E-state index contributed by atoms with van der Waals surface area (Å²) in [6.45, 7) is 0.125. The molecule has 0 atom stereocenters. The van der Waals surface area contributed by atoms with Gasteiger partial charge in [-0.15, -0.1) is 0 Å². The molecule has 1 aliphatic carbocycles. The van der Waals surface area contributed by atoms with E-state index >= 15 is 0 Å². The average molecular weight is 413 g/mol. The van der Waals surface area contributed by atoms with E-state index in [-0.39, 0.29) is 24.7 Å². The molecule has 5 rings (SSSR count). The van der Waals surface area contributed by atoms with E-state index < -0.39 is 5.82 Å². The molecule has 0 bridgehead atoms. The maximum Gasteiger partial charge on any atom is 0.265 e. The van der Waals surface area contributed by atoms with Crippen molar-refractivity contribution >= 4 is 23.2 Å². The number of carbonyl (C=O) groups excluding carboxylic acids is 1. The lowest BCUT2D eigenvalue weighted by molar-refractivity contribution is -0.121. The SMILES string of the molecule is O=C1COc2cc(F)c(-n3nc4c(c3Cl)CCCC4)cc2N1Cc1ccccn1. The molecule has 1 aliphatic heterocycles. The Morgan fingerprint density at radius 2 is 2.03 bits per heavy atom. The third kappa shape index (κ3) is 3.15. The standard InChI is InChI=1S/C21H18ClFN4O2/c22-21-14-6-1-2-7-16(14)25-27(21)17-10-18-19(9-15(17)23)29-12-20(28)26(18)11-13-5-3-4-8-24-13/h3-5,8-10H,1-2,6-7,11-12H2. The van der Waals surface area contributed by atoms with Crippen LogP contribution in [0.3, 0.4) is 0 Å². The van der Waals surface area contributed by atoms with Gasteiger partial charge in [-0.05, 0) is 43.9 Å². The summed E-state index contributed by atoms with van der Waals surface area (Å²) in [7, 11) is 0. The lowest BCUT2D eigenvalue weighted by Crippen LogP contribution is -2.38. The number of halogens is 2. The first-order valence-electron chi connectivity index (χ1n) is 9.55. The highest BCUT2D eigenvalue weighted by atomic mass is 35.5. The highest BCUT2D eigenvalue weighted by Crippen LogP contribution is 2.38. The molecule has 0 N–H and O–H groups in total. The minimum Gasteiger partial charge on any atom is -0.481 e. The van der Waals surface area contributed by atoms with Crippen LogP contribution in [0.15, 0.2) is 36.5 Å². The van der Waals surface area contributed by atoms with Gasteiger partial charge in [0.15, 0.2) is 12.4 Å². The van der Waals surface area contributed by atoms with Gasteiger partial charge in [-0.1, -0.05) is 17.7 Å². The van der Waals surface area contributed by atoms with Crippen LogP contribution in [0.25, 0.3) is 5.69 Å². The molecule has 2 aromatic heterocycles. The number of carbonyl (C=O) groups is 1. The molecule has 0 radical (unpaired) electrons. The first kappa shape index (κ1) is 18.1. The number of amides is 1. The van der Waals surface area contributed by atoms with Crippen molar-refractivity contribution in [3.05, 3.63) is 64.5 Å². The first-order chi connectivity index (χ1) is 14.1. The van der Waals surface area contributed by atoms with E-state index in [1.807, 2.05) is 18.2 Å². The van der Waals surface area contributed by atoms with Gasteiger partial charge in [0.05, 0.1) is 23.6 Å². The van der Waals surface area contributed by atoms with Gasteiger partial charge >= 0.3 is 0 Å². The van der Waals surface area contributed by atoms with Crippen molar-refractivity contribution in [3.63, 3.8) is 0 Å². The lowest BCUT2D eigenvalue weighted by Gasteiger charge is -2.29. The largest absolute Gasteiger partial charge is 0.481 e. The van der Waals surface area contributed by atoms with E-state index in [4.69, 9.17) is 16.3 Å². The Balaban J connectivity index is 1.60. The van der Waals surface area contributed by atoms with E-state index in [9.17, 15) is 9.18 Å². The summed E-state index contributed by atoms with van der Waals surface area (Å²) in [5, 5.41) is 4.98. The number of hydrogen-bond donors (Lipinski definition) is 0. The molecule has 3 heterocycles. The van der Waals surface area contributed by atoms with Crippen LogP contribution in [-0.2, 0) is 24.2 Å². The molecule has 8 heteroatoms. The Kier molecular flexibility index (Phi) is 4.47. The van der Waals surface area contributed by atoms with Crippen molar-refractivity contribution in [1.82, 2.24) is 14.8 Å². The van der Waals surface area contributed by atoms with Crippen molar-refractivity contribution in [3.8, 4) is 11.4 Å². The Labute approximate surface area is 171 Å². The molecule has 29 heavy (non-hydrogen) atoms. The monoisotopic (exact) mass is 412 g/mol. The van der Waals surface area contributed by atoms with E-state index in [0.29, 0.717) is 16.6 Å². The molecule has 3 aromatic rings. The van der Waals surface area contributed by atoms with Crippen LogP contribution in [0.2, 0.25) is 5.15 Å². The second-order valence-electron chi connectivity index (χ2n) is 7.20. The normalized spacial score (nSPS) is 15.7. The van der Waals surface area contributed by atoms with Crippen molar-refractivity contribution in [2.75, 3.05) is 11.5 Å². The number of ether oxygens (including phenoxy) is 1. The number of benzene rings is 1. The molecule has 0 saturated heterocycles. The van der Waals surface area contributed by atoms with Crippen molar-refractivity contribution in [2.24, 2.45) is 0 Å². The Morgan fingerprint density at radius 3 is 2.83 bits per heavy atom. The number of fused-ring (bicyclic) bond motifs is 2. The van der Waals surface area contributed by atoms with Crippen molar-refractivity contribution in [2.45, 2.75) is 32.2 Å². The summed E-state index contributed by atoms with van der Waals surface area (Å²) in [6, 6.07) is 8.38. The van der Waals surface area contributed by atoms with E-state index in [0.717, 1.165) is 42.6 Å². The van der Waals surface area contributed by atoms with Crippen LogP contribution >= 0.6 is 11.6 Å². The fourth-order valence-electron chi connectivity index (χ4n) is 3.87. The fraction of sp³-hybridized carbons (Fsp3) is 0.286. The number of nitrogens with zero attached hydrogens (tertiary/aromatic N) is 4. The van der Waals surface area contributed by atoms with Crippen LogP contribution < -0.4 is 9.64 Å². The molecule has 148 valence electrons. The first-order valence-corrected chi connectivity index (χ1v) is 9.93. The van der Waals surface area contributed by atoms with Crippen LogP contribution in [0.1, 0.15) is 29.8 Å². The average Bonchev–Trinajstić information content (AvgIpc) is 3.07. The molecule has 1 amide bonds. The number of hydrogen-bond acceptors (Lipinski definition) is 4. The Bertz CT molecular complexity index is 1100. The minimum atomic E-state index is -0.502. The van der Waals surface area contributed by atoms with Crippen LogP contribution in [0.4, 0.5) is 10.1 Å². The molecular weight excluding hydrogens is 395 g/mol. The van der Waals surface area contributed by atoms with Crippen molar-refractivity contribution in [1.29, 1.82) is 0 Å². The molecule has 0 saturated carbocycles. The molecular formula is C21H18ClFN4O2. The van der Waals surface area contributed by atoms with Gasteiger partial charge < -0.3 is 4.74 Å². The number of aromatic nitrogens is 3. The zero-order valence-corrected chi connectivity index (χ0v) is 16.3. The lowest BCUT2D eigenvalue weighted by atomic mass is 9.99. The summed E-state index contributed by atoms with van der Waals surface area (Å²) in [5.74, 6) is -0.404. The fourth-order valence-corrected chi connectivity index (χ4v) is 4.21. The number of aryl methyl sites for hydroxylation is 1. The molecule has 2 aliphatic rings. The van der Waals surface area contributed by atoms with Gasteiger partial charge in [-0.3, -0.25) is 14.7 Å². The van der Waals surface area contributed by atoms with Gasteiger partial charge in [0, 0.05) is 17.8 Å². The zero-order valence-electron chi connectivity index (χ0n) is 15.6. The van der Waals surface area contributed by atoms with Gasteiger partial charge in [0.1, 0.15) is 16.6 Å². The molecule has 0 spiro atoms. The summed E-state index contributed by atoms with van der Waals surface area (Å²) in [5.41, 5.74) is 3.30. The molecule has 0 fully saturated rings. The Morgan fingerprint density at radius 1 is 1.17 bits per heavy atom. The number of pyridine rings is 1. The van der Waals surface area contributed by atoms with Gasteiger partial charge in [-0.2, -0.15) is 5.10 Å². The summed E-state index contributed by atoms with van der Waals surface area (Å²) < 4.78 is 21.9. The predicted octanol–water partition coefficient (Wildman–Crippen LogP) is 3.86. The second kappa shape index (κ2) is 7.15. The van der Waals surface area contributed by atoms with Gasteiger partial charge in [0.2, 0.25) is 0 Å². The molecule has 1 aromatic carbocycles. The third-order valence-corrected chi connectivity index (χ3v) is 5.73.